The van der Waals surface area contributed by atoms with Crippen molar-refractivity contribution in [3.63, 3.8) is 0 Å². The largest absolute Gasteiger partial charge is 0.399 e. The van der Waals surface area contributed by atoms with E-state index in [-0.39, 0.29) is 22.9 Å². The Morgan fingerprint density at radius 1 is 0.733 bits per heavy atom. The first-order chi connectivity index (χ1) is 14.5. The minimum Gasteiger partial charge on any atom is -0.399 e. The fraction of sp³-hybridized carbons (Fsp3) is 0.0833. The van der Waals surface area contributed by atoms with Crippen molar-refractivity contribution in [2.75, 3.05) is 11.5 Å². The van der Waals surface area contributed by atoms with Crippen LogP contribution in [0.25, 0.3) is 0 Å². The monoisotopic (exact) mass is 398 g/mol. The van der Waals surface area contributed by atoms with Crippen molar-refractivity contribution >= 4 is 23.2 Å². The first-order valence-electron chi connectivity index (χ1n) is 9.32. The predicted molar refractivity (Wildman–Crippen MR) is 118 cm³/mol. The Labute approximate surface area is 175 Å². The second-order valence-electron chi connectivity index (χ2n) is 6.75. The van der Waals surface area contributed by atoms with Gasteiger partial charge in [0.25, 0.3) is 11.8 Å². The van der Waals surface area contributed by atoms with Gasteiger partial charge in [-0.25, -0.2) is 0 Å². The molecule has 0 unspecified atom stereocenters. The van der Waals surface area contributed by atoms with Crippen molar-refractivity contribution in [1.82, 2.24) is 10.6 Å². The van der Waals surface area contributed by atoms with Gasteiger partial charge in [-0.05, 0) is 53.6 Å². The summed E-state index contributed by atoms with van der Waals surface area (Å²) < 4.78 is 0. The third-order valence-electron chi connectivity index (χ3n) is 4.54. The molecule has 30 heavy (non-hydrogen) atoms. The van der Waals surface area contributed by atoms with Crippen LogP contribution in [0.2, 0.25) is 0 Å². The number of nitrogen functional groups attached to an aromatic ring is 2. The molecule has 6 nitrogen and oxygen atoms in total. The quantitative estimate of drug-likeness (QED) is 0.378. The molecule has 0 bridgehead atoms. The molecule has 0 atom stereocenters. The van der Waals surface area contributed by atoms with Crippen molar-refractivity contribution in [3.8, 4) is 12.3 Å². The molecule has 0 aliphatic carbocycles. The molecule has 3 aromatic carbocycles. The van der Waals surface area contributed by atoms with E-state index >= 15 is 0 Å². The van der Waals surface area contributed by atoms with Crippen LogP contribution in [0, 0.1) is 12.3 Å². The molecular weight excluding hydrogens is 376 g/mol. The zero-order chi connectivity index (χ0) is 21.5. The van der Waals surface area contributed by atoms with Gasteiger partial charge in [-0.2, -0.15) is 0 Å². The van der Waals surface area contributed by atoms with Crippen LogP contribution in [-0.2, 0) is 13.1 Å². The Hall–Kier alpha value is -4.24. The highest BCUT2D eigenvalue weighted by Crippen LogP contribution is 2.14. The second kappa shape index (κ2) is 9.30. The number of hydrogen-bond acceptors (Lipinski definition) is 4. The van der Waals surface area contributed by atoms with Gasteiger partial charge < -0.3 is 22.1 Å². The third kappa shape index (κ3) is 5.18. The number of amides is 2. The maximum absolute atomic E-state index is 12.8. The van der Waals surface area contributed by atoms with Gasteiger partial charge in [0.2, 0.25) is 0 Å². The van der Waals surface area contributed by atoms with E-state index in [1.54, 1.807) is 36.4 Å². The Morgan fingerprint density at radius 3 is 1.67 bits per heavy atom. The summed E-state index contributed by atoms with van der Waals surface area (Å²) in [6.07, 6.45) is 5.47. The summed E-state index contributed by atoms with van der Waals surface area (Å²) in [6, 6.07) is 19.1. The normalized spacial score (nSPS) is 10.1. The zero-order valence-electron chi connectivity index (χ0n) is 16.3. The molecule has 0 aromatic heterocycles. The van der Waals surface area contributed by atoms with Crippen LogP contribution in [0.1, 0.15) is 37.4 Å². The molecule has 0 aliphatic heterocycles. The fourth-order valence-corrected chi connectivity index (χ4v) is 2.85. The molecule has 6 N–H and O–H groups in total. The predicted octanol–water partition coefficient (Wildman–Crippen LogP) is 2.69. The highest BCUT2D eigenvalue weighted by molar-refractivity contribution is 6.07. The lowest BCUT2D eigenvalue weighted by atomic mass is 10.0. The minimum atomic E-state index is -0.387. The van der Waals surface area contributed by atoms with E-state index in [1.165, 1.54) is 6.07 Å². The number of nitrogens with two attached hydrogens (primary N) is 2. The van der Waals surface area contributed by atoms with Crippen LogP contribution in [0.3, 0.4) is 0 Å². The molecule has 0 aliphatic rings. The van der Waals surface area contributed by atoms with Crippen molar-refractivity contribution in [2.24, 2.45) is 0 Å². The van der Waals surface area contributed by atoms with Crippen molar-refractivity contribution < 1.29 is 9.59 Å². The molecule has 2 amide bonds. The van der Waals surface area contributed by atoms with Crippen LogP contribution in [0.4, 0.5) is 11.4 Å². The van der Waals surface area contributed by atoms with Crippen LogP contribution in [0.5, 0.6) is 0 Å². The summed E-state index contributed by atoms with van der Waals surface area (Å²) in [5.41, 5.74) is 15.4. The molecule has 150 valence electrons. The smallest absolute Gasteiger partial charge is 0.252 e. The van der Waals surface area contributed by atoms with Crippen LogP contribution >= 0.6 is 0 Å². The average Bonchev–Trinajstić information content (AvgIpc) is 2.77. The van der Waals surface area contributed by atoms with Crippen molar-refractivity contribution in [3.05, 3.63) is 94.5 Å². The van der Waals surface area contributed by atoms with Gasteiger partial charge in [0.15, 0.2) is 0 Å². The second-order valence-corrected chi connectivity index (χ2v) is 6.75. The lowest BCUT2D eigenvalue weighted by Crippen LogP contribution is -2.29. The molecule has 3 aromatic rings. The maximum Gasteiger partial charge on any atom is 0.252 e. The number of carbonyl (C=O) groups is 2. The van der Waals surface area contributed by atoms with Crippen molar-refractivity contribution in [1.29, 1.82) is 0 Å². The van der Waals surface area contributed by atoms with Crippen LogP contribution in [0.15, 0.2) is 66.7 Å². The van der Waals surface area contributed by atoms with Crippen LogP contribution < -0.4 is 22.1 Å². The first kappa shape index (κ1) is 20.5. The van der Waals surface area contributed by atoms with E-state index in [1.807, 2.05) is 24.3 Å². The summed E-state index contributed by atoms with van der Waals surface area (Å²) in [4.78, 5) is 25.5. The molecule has 0 saturated heterocycles. The van der Waals surface area contributed by atoms with Gasteiger partial charge in [0, 0.05) is 30.0 Å². The SMILES string of the molecule is C#Cc1ccc(C(=O)NCc2ccc(N)cc2)c(C(=O)NCc2ccc(N)cc2)c1. The van der Waals surface area contributed by atoms with E-state index < -0.39 is 0 Å². The van der Waals surface area contributed by atoms with Gasteiger partial charge in [-0.1, -0.05) is 30.2 Å². The highest BCUT2D eigenvalue weighted by Gasteiger charge is 2.17. The third-order valence-corrected chi connectivity index (χ3v) is 4.54. The average molecular weight is 398 g/mol. The van der Waals surface area contributed by atoms with Gasteiger partial charge in [-0.3, -0.25) is 9.59 Å². The molecule has 0 heterocycles. The number of anilines is 2. The summed E-state index contributed by atoms with van der Waals surface area (Å²) in [5.74, 6) is 1.74. The number of terminal acetylenes is 1. The standard InChI is InChI=1S/C24H22N4O2/c1-2-16-7-12-21(23(29)27-14-17-3-8-19(25)9-4-17)22(13-16)24(30)28-15-18-5-10-20(26)11-6-18/h1,3-13H,14-15,25-26H2,(H,27,29)(H,28,30). The number of carbonyl (C=O) groups excluding carboxylic acids is 2. The minimum absolute atomic E-state index is 0.218. The van der Waals surface area contributed by atoms with E-state index in [4.69, 9.17) is 17.9 Å². The topological polar surface area (TPSA) is 110 Å². The Balaban J connectivity index is 1.74. The Bertz CT molecular complexity index is 1100. The Morgan fingerprint density at radius 2 is 1.20 bits per heavy atom. The molecule has 6 heteroatoms. The maximum atomic E-state index is 12.8. The summed E-state index contributed by atoms with van der Waals surface area (Å²) in [5, 5.41) is 5.64. The molecule has 0 saturated carbocycles. The molecular formula is C24H22N4O2. The van der Waals surface area contributed by atoms with E-state index in [0.29, 0.717) is 30.0 Å². The van der Waals surface area contributed by atoms with Gasteiger partial charge >= 0.3 is 0 Å². The van der Waals surface area contributed by atoms with Crippen molar-refractivity contribution in [2.45, 2.75) is 13.1 Å². The van der Waals surface area contributed by atoms with E-state index in [9.17, 15) is 9.59 Å². The van der Waals surface area contributed by atoms with E-state index in [0.717, 1.165) is 11.1 Å². The van der Waals surface area contributed by atoms with Gasteiger partial charge in [-0.15, -0.1) is 6.42 Å². The molecule has 0 radical (unpaired) electrons. The number of nitrogens with one attached hydrogen (secondary N) is 2. The number of benzene rings is 3. The lowest BCUT2D eigenvalue weighted by Gasteiger charge is -2.12. The van der Waals surface area contributed by atoms with Gasteiger partial charge in [0.05, 0.1) is 11.1 Å². The van der Waals surface area contributed by atoms with Gasteiger partial charge in [0.1, 0.15) is 0 Å². The molecule has 0 fully saturated rings. The molecule has 0 spiro atoms. The van der Waals surface area contributed by atoms with Crippen LogP contribution in [-0.4, -0.2) is 11.8 Å². The zero-order valence-corrected chi connectivity index (χ0v) is 16.3. The highest BCUT2D eigenvalue weighted by atomic mass is 16.2. The fourth-order valence-electron chi connectivity index (χ4n) is 2.85. The lowest BCUT2D eigenvalue weighted by molar-refractivity contribution is 0.0916. The summed E-state index contributed by atoms with van der Waals surface area (Å²) in [7, 11) is 0. The number of rotatable bonds is 6. The van der Waals surface area contributed by atoms with E-state index in [2.05, 4.69) is 16.6 Å². The first-order valence-corrected chi connectivity index (χ1v) is 9.32. The Kier molecular flexibility index (Phi) is 6.36. The summed E-state index contributed by atoms with van der Waals surface area (Å²) in [6.45, 7) is 0.606. The number of hydrogen-bond donors (Lipinski definition) is 4. The summed E-state index contributed by atoms with van der Waals surface area (Å²) >= 11 is 0. The molecule has 3 rings (SSSR count).